The number of benzene rings is 2. The lowest BCUT2D eigenvalue weighted by Gasteiger charge is -2.24. The van der Waals surface area contributed by atoms with Crippen LogP contribution in [0.15, 0.2) is 47.6 Å². The minimum Gasteiger partial charge on any atom is -0.464 e. The highest BCUT2D eigenvalue weighted by Crippen LogP contribution is 2.40. The van der Waals surface area contributed by atoms with Crippen molar-refractivity contribution in [3.63, 3.8) is 0 Å². The van der Waals surface area contributed by atoms with Gasteiger partial charge in [-0.3, -0.25) is 14.6 Å². The summed E-state index contributed by atoms with van der Waals surface area (Å²) in [5.41, 5.74) is 2.43. The van der Waals surface area contributed by atoms with Crippen molar-refractivity contribution in [3.05, 3.63) is 58.6 Å². The molecular formula is C21H18ClN3O4. The molecule has 2 aromatic carbocycles. The Morgan fingerprint density at radius 1 is 1.03 bits per heavy atom. The summed E-state index contributed by atoms with van der Waals surface area (Å²) in [6.45, 7) is 3.61. The third kappa shape index (κ3) is 2.81. The van der Waals surface area contributed by atoms with Gasteiger partial charge < -0.3 is 4.74 Å². The number of para-hydroxylation sites is 1. The zero-order valence-electron chi connectivity index (χ0n) is 16.0. The second-order valence-electron chi connectivity index (χ2n) is 6.93. The lowest BCUT2D eigenvalue weighted by molar-refractivity contribution is -0.133. The first-order valence-electron chi connectivity index (χ1n) is 9.01. The number of imide groups is 1. The minimum atomic E-state index is -1.05. The van der Waals surface area contributed by atoms with E-state index in [0.717, 1.165) is 10.5 Å². The second-order valence-corrected chi connectivity index (χ2v) is 7.33. The number of hydrazone groups is 1. The average Bonchev–Trinajstić information content (AvgIpc) is 3.21. The van der Waals surface area contributed by atoms with Gasteiger partial charge in [-0.2, -0.15) is 5.10 Å². The van der Waals surface area contributed by atoms with E-state index in [-0.39, 0.29) is 5.71 Å². The molecule has 0 spiro atoms. The first-order valence-corrected chi connectivity index (χ1v) is 9.39. The van der Waals surface area contributed by atoms with Gasteiger partial charge in [0.05, 0.1) is 18.5 Å². The maximum Gasteiger partial charge on any atom is 0.355 e. The van der Waals surface area contributed by atoms with Crippen LogP contribution in [0.1, 0.15) is 11.1 Å². The lowest BCUT2D eigenvalue weighted by Crippen LogP contribution is -2.39. The van der Waals surface area contributed by atoms with Crippen LogP contribution in [0.5, 0.6) is 0 Å². The fourth-order valence-electron chi connectivity index (χ4n) is 3.78. The van der Waals surface area contributed by atoms with Gasteiger partial charge in [0.15, 0.2) is 5.71 Å². The van der Waals surface area contributed by atoms with E-state index in [1.165, 1.54) is 12.1 Å². The van der Waals surface area contributed by atoms with E-state index in [9.17, 15) is 14.4 Å². The van der Waals surface area contributed by atoms with Gasteiger partial charge in [-0.25, -0.2) is 9.69 Å². The molecule has 8 heteroatoms. The smallest absolute Gasteiger partial charge is 0.355 e. The third-order valence-corrected chi connectivity index (χ3v) is 5.70. The van der Waals surface area contributed by atoms with Gasteiger partial charge >= 0.3 is 5.97 Å². The van der Waals surface area contributed by atoms with Crippen LogP contribution in [0.2, 0.25) is 5.02 Å². The summed E-state index contributed by atoms with van der Waals surface area (Å²) in [4.78, 5) is 40.2. The van der Waals surface area contributed by atoms with Gasteiger partial charge in [0.25, 0.3) is 5.91 Å². The Hall–Kier alpha value is -3.19. The van der Waals surface area contributed by atoms with Gasteiger partial charge in [-0.1, -0.05) is 35.9 Å². The molecule has 2 aromatic rings. The van der Waals surface area contributed by atoms with E-state index in [1.807, 2.05) is 25.1 Å². The summed E-state index contributed by atoms with van der Waals surface area (Å²) >= 11 is 6.20. The molecule has 0 N–H and O–H groups in total. The number of esters is 1. The Bertz CT molecular complexity index is 1080. The highest BCUT2D eigenvalue weighted by atomic mass is 35.5. The number of methoxy groups -OCH3 is 1. The number of nitrogens with zero attached hydrogens (tertiary/aromatic N) is 3. The molecule has 7 nitrogen and oxygen atoms in total. The quantitative estimate of drug-likeness (QED) is 0.573. The Kier molecular flexibility index (Phi) is 4.62. The SMILES string of the molecule is COC(=O)C1=NN(c2ccccc2C)[C@@H]2C(=O)N(c3cccc(Cl)c3C)C(=O)[C@@H]12. The molecule has 29 heavy (non-hydrogen) atoms. The van der Waals surface area contributed by atoms with Crippen molar-refractivity contribution in [1.29, 1.82) is 0 Å². The Morgan fingerprint density at radius 2 is 1.72 bits per heavy atom. The molecule has 2 aliphatic heterocycles. The number of hydrogen-bond acceptors (Lipinski definition) is 6. The highest BCUT2D eigenvalue weighted by molar-refractivity contribution is 6.47. The molecule has 0 saturated carbocycles. The van der Waals surface area contributed by atoms with Gasteiger partial charge in [-0.05, 0) is 43.2 Å². The van der Waals surface area contributed by atoms with Gasteiger partial charge in [0.1, 0.15) is 12.0 Å². The summed E-state index contributed by atoms with van der Waals surface area (Å²) in [6.07, 6.45) is 0. The number of carbonyl (C=O) groups is 3. The third-order valence-electron chi connectivity index (χ3n) is 5.29. The van der Waals surface area contributed by atoms with Gasteiger partial charge in [0.2, 0.25) is 5.91 Å². The number of rotatable bonds is 3. The Balaban J connectivity index is 1.86. The largest absolute Gasteiger partial charge is 0.464 e. The van der Waals surface area contributed by atoms with Crippen LogP contribution < -0.4 is 9.91 Å². The number of fused-ring (bicyclic) bond motifs is 1. The van der Waals surface area contributed by atoms with Crippen molar-refractivity contribution in [1.82, 2.24) is 0 Å². The van der Waals surface area contributed by atoms with Crippen molar-refractivity contribution in [2.24, 2.45) is 11.0 Å². The fourth-order valence-corrected chi connectivity index (χ4v) is 3.95. The molecule has 2 heterocycles. The molecule has 0 aromatic heterocycles. The van der Waals surface area contributed by atoms with E-state index >= 15 is 0 Å². The first-order chi connectivity index (χ1) is 13.9. The van der Waals surface area contributed by atoms with Crippen molar-refractivity contribution in [3.8, 4) is 0 Å². The van der Waals surface area contributed by atoms with Crippen molar-refractivity contribution < 1.29 is 19.1 Å². The van der Waals surface area contributed by atoms with Crippen molar-refractivity contribution in [2.45, 2.75) is 19.9 Å². The molecule has 148 valence electrons. The number of halogens is 1. The zero-order chi connectivity index (χ0) is 20.9. The number of aryl methyl sites for hydroxylation is 1. The standard InChI is InChI=1S/C21H18ClN3O4/c1-11-7-4-5-9-14(11)25-18-16(17(23-25)21(28)29-3)19(26)24(20(18)27)15-10-6-8-13(22)12(15)2/h4-10,16,18H,1-3H3/t16-,18-/m0/s1. The van der Waals surface area contributed by atoms with Crippen LogP contribution in [-0.2, 0) is 19.1 Å². The van der Waals surface area contributed by atoms with Crippen LogP contribution in [0.3, 0.4) is 0 Å². The Morgan fingerprint density at radius 3 is 2.41 bits per heavy atom. The molecule has 0 bridgehead atoms. The van der Waals surface area contributed by atoms with Crippen LogP contribution in [0.4, 0.5) is 11.4 Å². The number of carbonyl (C=O) groups excluding carboxylic acids is 3. The monoisotopic (exact) mass is 411 g/mol. The summed E-state index contributed by atoms with van der Waals surface area (Å²) in [5.74, 6) is -2.77. The average molecular weight is 412 g/mol. The second kappa shape index (κ2) is 7.00. The normalized spacial score (nSPS) is 20.8. The highest BCUT2D eigenvalue weighted by Gasteiger charge is 2.59. The van der Waals surface area contributed by atoms with E-state index in [4.69, 9.17) is 16.3 Å². The summed E-state index contributed by atoms with van der Waals surface area (Å²) in [6, 6.07) is 11.4. The summed E-state index contributed by atoms with van der Waals surface area (Å²) < 4.78 is 4.82. The zero-order valence-corrected chi connectivity index (χ0v) is 16.8. The number of amides is 2. The first kappa shape index (κ1) is 19.1. The topological polar surface area (TPSA) is 79.3 Å². The fraction of sp³-hybridized carbons (Fsp3) is 0.238. The van der Waals surface area contributed by atoms with Crippen molar-refractivity contribution >= 4 is 46.5 Å². The van der Waals surface area contributed by atoms with Crippen molar-refractivity contribution in [2.75, 3.05) is 17.0 Å². The molecular weight excluding hydrogens is 394 g/mol. The van der Waals surface area contributed by atoms with Crippen LogP contribution >= 0.6 is 11.6 Å². The van der Waals surface area contributed by atoms with E-state index in [0.29, 0.717) is 22.0 Å². The summed E-state index contributed by atoms with van der Waals surface area (Å²) in [5, 5.41) is 6.22. The van der Waals surface area contributed by atoms with Crippen LogP contribution in [-0.4, -0.2) is 36.6 Å². The maximum absolute atomic E-state index is 13.4. The molecule has 4 rings (SSSR count). The number of ether oxygens (including phenoxy) is 1. The molecule has 0 radical (unpaired) electrons. The molecule has 0 unspecified atom stereocenters. The number of anilines is 2. The molecule has 1 saturated heterocycles. The van der Waals surface area contributed by atoms with E-state index in [2.05, 4.69) is 5.10 Å². The van der Waals surface area contributed by atoms with Crippen LogP contribution in [0.25, 0.3) is 0 Å². The van der Waals surface area contributed by atoms with Gasteiger partial charge in [-0.15, -0.1) is 0 Å². The maximum atomic E-state index is 13.4. The Labute approximate surface area is 172 Å². The molecule has 2 amide bonds. The molecule has 1 fully saturated rings. The van der Waals surface area contributed by atoms with E-state index in [1.54, 1.807) is 31.2 Å². The van der Waals surface area contributed by atoms with E-state index < -0.39 is 29.7 Å². The lowest BCUT2D eigenvalue weighted by atomic mass is 9.97. The molecule has 0 aliphatic carbocycles. The molecule has 2 aliphatic rings. The van der Waals surface area contributed by atoms with Gasteiger partial charge in [0, 0.05) is 5.02 Å². The number of hydrogen-bond donors (Lipinski definition) is 0. The molecule has 2 atom stereocenters. The predicted octanol–water partition coefficient (Wildman–Crippen LogP) is 2.86. The predicted molar refractivity (Wildman–Crippen MR) is 109 cm³/mol. The van der Waals surface area contributed by atoms with Crippen LogP contribution in [0, 0.1) is 19.8 Å². The summed E-state index contributed by atoms with van der Waals surface area (Å²) in [7, 11) is 1.22. The minimum absolute atomic E-state index is 0.0821.